The Kier molecular flexibility index (Phi) is 4.73. The number of hydrogen-bond acceptors (Lipinski definition) is 2. The van der Waals surface area contributed by atoms with E-state index < -0.39 is 5.97 Å². The fourth-order valence-corrected chi connectivity index (χ4v) is 2.12. The predicted molar refractivity (Wildman–Crippen MR) is 67.2 cm³/mol. The van der Waals surface area contributed by atoms with E-state index >= 15 is 0 Å². The van der Waals surface area contributed by atoms with Gasteiger partial charge < -0.3 is 5.11 Å². The Labute approximate surface area is 103 Å². The van der Waals surface area contributed by atoms with E-state index in [0.29, 0.717) is 5.92 Å². The van der Waals surface area contributed by atoms with Gasteiger partial charge in [-0.05, 0) is 18.8 Å². The first-order valence-corrected chi connectivity index (χ1v) is 6.28. The van der Waals surface area contributed by atoms with Gasteiger partial charge in [-0.3, -0.25) is 9.48 Å². The first-order valence-electron chi connectivity index (χ1n) is 6.28. The molecule has 1 aromatic heterocycles. The molecule has 0 amide bonds. The second-order valence-electron chi connectivity index (χ2n) is 4.73. The van der Waals surface area contributed by atoms with Gasteiger partial charge in [0.2, 0.25) is 0 Å². The summed E-state index contributed by atoms with van der Waals surface area (Å²) in [6, 6.07) is 0. The summed E-state index contributed by atoms with van der Waals surface area (Å²) in [6.45, 7) is 9.22. The first-order chi connectivity index (χ1) is 7.99. The van der Waals surface area contributed by atoms with Gasteiger partial charge in [0.05, 0.1) is 12.1 Å². The predicted octanol–water partition coefficient (Wildman–Crippen LogP) is 2.29. The molecule has 0 saturated carbocycles. The summed E-state index contributed by atoms with van der Waals surface area (Å²) in [6.07, 6.45) is 1.72. The van der Waals surface area contributed by atoms with Crippen LogP contribution in [0.4, 0.5) is 0 Å². The molecule has 0 atom stereocenters. The number of aromatic nitrogens is 2. The van der Waals surface area contributed by atoms with Gasteiger partial charge in [0, 0.05) is 17.8 Å². The average Bonchev–Trinajstić information content (AvgIpc) is 2.53. The number of carboxylic acids is 1. The number of carboxylic acid groups (broad SMARTS) is 1. The minimum absolute atomic E-state index is 0.0877. The summed E-state index contributed by atoms with van der Waals surface area (Å²) in [5.74, 6) is -0.263. The Hall–Kier alpha value is -1.32. The summed E-state index contributed by atoms with van der Waals surface area (Å²) >= 11 is 0. The number of aliphatic carboxylic acids is 1. The molecule has 0 aliphatic carbocycles. The molecule has 1 N–H and O–H groups in total. The lowest BCUT2D eigenvalue weighted by atomic mass is 10.1. The molecule has 17 heavy (non-hydrogen) atoms. The molecule has 1 aromatic rings. The molecule has 0 spiro atoms. The Morgan fingerprint density at radius 2 is 2.00 bits per heavy atom. The van der Waals surface area contributed by atoms with Crippen molar-refractivity contribution < 1.29 is 9.90 Å². The maximum Gasteiger partial charge on any atom is 0.307 e. The largest absolute Gasteiger partial charge is 0.481 e. The van der Waals surface area contributed by atoms with E-state index in [1.54, 1.807) is 0 Å². The third kappa shape index (κ3) is 3.32. The van der Waals surface area contributed by atoms with E-state index in [1.165, 1.54) is 0 Å². The molecule has 4 heteroatoms. The molecule has 0 aliphatic heterocycles. The zero-order valence-electron chi connectivity index (χ0n) is 11.2. The lowest BCUT2D eigenvalue weighted by Crippen LogP contribution is -2.11. The van der Waals surface area contributed by atoms with Crippen LogP contribution in [0.3, 0.4) is 0 Å². The Morgan fingerprint density at radius 3 is 2.41 bits per heavy atom. The maximum absolute atomic E-state index is 10.9. The molecular formula is C13H22N2O2. The molecule has 0 bridgehead atoms. The highest BCUT2D eigenvalue weighted by molar-refractivity contribution is 5.71. The van der Waals surface area contributed by atoms with Crippen LogP contribution in [0.25, 0.3) is 0 Å². The van der Waals surface area contributed by atoms with E-state index in [0.717, 1.165) is 36.3 Å². The summed E-state index contributed by atoms with van der Waals surface area (Å²) in [5.41, 5.74) is 2.94. The summed E-state index contributed by atoms with van der Waals surface area (Å²) < 4.78 is 1.99. The highest BCUT2D eigenvalue weighted by Gasteiger charge is 2.18. The number of nitrogens with zero attached hydrogens (tertiary/aromatic N) is 2. The summed E-state index contributed by atoms with van der Waals surface area (Å²) in [5, 5.41) is 13.5. The van der Waals surface area contributed by atoms with Gasteiger partial charge >= 0.3 is 5.97 Å². The second kappa shape index (κ2) is 5.84. The number of hydrogen-bond donors (Lipinski definition) is 1. The molecule has 0 radical (unpaired) electrons. The van der Waals surface area contributed by atoms with E-state index in [2.05, 4.69) is 25.9 Å². The van der Waals surface area contributed by atoms with Crippen LogP contribution in [0.5, 0.6) is 0 Å². The van der Waals surface area contributed by atoms with Crippen molar-refractivity contribution in [3.05, 3.63) is 17.0 Å². The van der Waals surface area contributed by atoms with Crippen molar-refractivity contribution in [3.8, 4) is 0 Å². The van der Waals surface area contributed by atoms with Gasteiger partial charge in [-0.1, -0.05) is 27.7 Å². The fraction of sp³-hybridized carbons (Fsp3) is 0.692. The minimum Gasteiger partial charge on any atom is -0.481 e. The smallest absolute Gasteiger partial charge is 0.307 e. The first kappa shape index (κ1) is 13.7. The van der Waals surface area contributed by atoms with Crippen molar-refractivity contribution in [1.82, 2.24) is 9.78 Å². The zero-order valence-corrected chi connectivity index (χ0v) is 11.2. The third-order valence-corrected chi connectivity index (χ3v) is 2.79. The molecule has 0 aliphatic rings. The van der Waals surface area contributed by atoms with Crippen LogP contribution in [-0.2, 0) is 30.6 Å². The van der Waals surface area contributed by atoms with Crippen LogP contribution < -0.4 is 0 Å². The van der Waals surface area contributed by atoms with E-state index in [1.807, 2.05) is 11.6 Å². The standard InChI is InChI=1S/C13H22N2O2/c1-5-11-10(7-13(16)17)12(6-2)15(14-11)8-9(3)4/h9H,5-8H2,1-4H3,(H,16,17). The van der Waals surface area contributed by atoms with Gasteiger partial charge in [-0.25, -0.2) is 0 Å². The monoisotopic (exact) mass is 238 g/mol. The summed E-state index contributed by atoms with van der Waals surface area (Å²) in [4.78, 5) is 10.9. The molecular weight excluding hydrogens is 216 g/mol. The molecule has 0 aromatic carbocycles. The third-order valence-electron chi connectivity index (χ3n) is 2.79. The van der Waals surface area contributed by atoms with Crippen molar-refractivity contribution in [1.29, 1.82) is 0 Å². The van der Waals surface area contributed by atoms with Crippen molar-refractivity contribution in [3.63, 3.8) is 0 Å². The summed E-state index contributed by atoms with van der Waals surface area (Å²) in [7, 11) is 0. The second-order valence-corrected chi connectivity index (χ2v) is 4.73. The molecule has 0 saturated heterocycles. The molecule has 1 rings (SSSR count). The number of aryl methyl sites for hydroxylation is 1. The van der Waals surface area contributed by atoms with Gasteiger partial charge in [-0.15, -0.1) is 0 Å². The van der Waals surface area contributed by atoms with Gasteiger partial charge in [0.15, 0.2) is 0 Å². The SMILES string of the molecule is CCc1nn(CC(C)C)c(CC)c1CC(=O)O. The van der Waals surface area contributed by atoms with Gasteiger partial charge in [0.1, 0.15) is 0 Å². The lowest BCUT2D eigenvalue weighted by Gasteiger charge is -2.09. The van der Waals surface area contributed by atoms with Crippen LogP contribution in [0.2, 0.25) is 0 Å². The Bertz CT molecular complexity index is 394. The van der Waals surface area contributed by atoms with Crippen molar-refractivity contribution in [2.75, 3.05) is 0 Å². The van der Waals surface area contributed by atoms with Crippen molar-refractivity contribution in [2.24, 2.45) is 5.92 Å². The highest BCUT2D eigenvalue weighted by Crippen LogP contribution is 2.18. The Morgan fingerprint density at radius 1 is 1.35 bits per heavy atom. The normalized spacial score (nSPS) is 11.1. The van der Waals surface area contributed by atoms with Crippen LogP contribution in [-0.4, -0.2) is 20.9 Å². The fourth-order valence-electron chi connectivity index (χ4n) is 2.12. The topological polar surface area (TPSA) is 55.1 Å². The molecule has 96 valence electrons. The molecule has 0 fully saturated rings. The van der Waals surface area contributed by atoms with E-state index in [-0.39, 0.29) is 6.42 Å². The Balaban J connectivity index is 3.15. The molecule has 0 unspecified atom stereocenters. The highest BCUT2D eigenvalue weighted by atomic mass is 16.4. The molecule has 1 heterocycles. The molecule has 4 nitrogen and oxygen atoms in total. The maximum atomic E-state index is 10.9. The van der Waals surface area contributed by atoms with E-state index in [4.69, 9.17) is 5.11 Å². The van der Waals surface area contributed by atoms with Gasteiger partial charge in [0.25, 0.3) is 0 Å². The van der Waals surface area contributed by atoms with Gasteiger partial charge in [-0.2, -0.15) is 5.10 Å². The van der Waals surface area contributed by atoms with Crippen molar-refractivity contribution >= 4 is 5.97 Å². The van der Waals surface area contributed by atoms with Crippen LogP contribution in [0, 0.1) is 5.92 Å². The quantitative estimate of drug-likeness (QED) is 0.827. The van der Waals surface area contributed by atoms with Crippen LogP contribution >= 0.6 is 0 Å². The minimum atomic E-state index is -0.779. The lowest BCUT2D eigenvalue weighted by molar-refractivity contribution is -0.136. The van der Waals surface area contributed by atoms with Crippen LogP contribution in [0.15, 0.2) is 0 Å². The van der Waals surface area contributed by atoms with Crippen LogP contribution in [0.1, 0.15) is 44.6 Å². The average molecular weight is 238 g/mol. The van der Waals surface area contributed by atoms with Crippen molar-refractivity contribution in [2.45, 2.75) is 53.5 Å². The van der Waals surface area contributed by atoms with E-state index in [9.17, 15) is 4.79 Å². The number of carbonyl (C=O) groups is 1. The number of rotatable bonds is 6. The zero-order chi connectivity index (χ0) is 13.0.